The van der Waals surface area contributed by atoms with E-state index in [1.54, 1.807) is 22.8 Å². The number of methoxy groups -OCH3 is 1. The van der Waals surface area contributed by atoms with Crippen molar-refractivity contribution in [3.63, 3.8) is 0 Å². The molecule has 1 fully saturated rings. The van der Waals surface area contributed by atoms with Crippen LogP contribution in [-0.2, 0) is 6.54 Å². The first kappa shape index (κ1) is 16.8. The maximum Gasteiger partial charge on any atom is 0.217 e. The van der Waals surface area contributed by atoms with Crippen molar-refractivity contribution < 1.29 is 13.9 Å². The molecule has 1 aliphatic rings. The summed E-state index contributed by atoms with van der Waals surface area (Å²) in [6, 6.07) is 8.83. The second-order valence-electron chi connectivity index (χ2n) is 6.46. The first-order valence-electron chi connectivity index (χ1n) is 8.73. The van der Waals surface area contributed by atoms with Gasteiger partial charge in [-0.15, -0.1) is 0 Å². The summed E-state index contributed by atoms with van der Waals surface area (Å²) in [5.74, 6) is 0.599. The Balaban J connectivity index is 1.31. The lowest BCUT2D eigenvalue weighted by Gasteiger charge is -2.31. The second-order valence-corrected chi connectivity index (χ2v) is 6.46. The molecule has 26 heavy (non-hydrogen) atoms. The van der Waals surface area contributed by atoms with Crippen LogP contribution in [0.2, 0.25) is 0 Å². The van der Waals surface area contributed by atoms with Crippen molar-refractivity contribution in [1.29, 1.82) is 0 Å². The monoisotopic (exact) mass is 356 g/mol. The molecule has 1 aromatic carbocycles. The molecule has 0 aliphatic carbocycles. The normalized spacial score (nSPS) is 16.1. The minimum atomic E-state index is -0.315. The topological polar surface area (TPSA) is 51.9 Å². The number of halogens is 1. The summed E-state index contributed by atoms with van der Waals surface area (Å²) < 4.78 is 26.5. The Kier molecular flexibility index (Phi) is 4.71. The average molecular weight is 356 g/mol. The van der Waals surface area contributed by atoms with Gasteiger partial charge in [-0.05, 0) is 30.5 Å². The highest BCUT2D eigenvalue weighted by Crippen LogP contribution is 2.22. The van der Waals surface area contributed by atoms with Crippen molar-refractivity contribution in [1.82, 2.24) is 19.5 Å². The van der Waals surface area contributed by atoms with Crippen LogP contribution in [0.3, 0.4) is 0 Å². The van der Waals surface area contributed by atoms with Crippen molar-refractivity contribution in [3.05, 3.63) is 54.1 Å². The number of piperidine rings is 1. The van der Waals surface area contributed by atoms with E-state index in [0.29, 0.717) is 5.88 Å². The van der Waals surface area contributed by atoms with E-state index in [2.05, 4.69) is 15.0 Å². The van der Waals surface area contributed by atoms with Gasteiger partial charge in [0.2, 0.25) is 5.88 Å². The quantitative estimate of drug-likeness (QED) is 0.704. The number of hydrogen-bond donors (Lipinski definition) is 0. The van der Waals surface area contributed by atoms with Crippen LogP contribution in [0.15, 0.2) is 42.7 Å². The van der Waals surface area contributed by atoms with Crippen LogP contribution in [-0.4, -0.2) is 45.8 Å². The lowest BCUT2D eigenvalue weighted by molar-refractivity contribution is 0.0933. The van der Waals surface area contributed by atoms with Gasteiger partial charge >= 0.3 is 0 Å². The van der Waals surface area contributed by atoms with Crippen molar-refractivity contribution in [2.75, 3.05) is 20.2 Å². The van der Waals surface area contributed by atoms with E-state index in [1.807, 2.05) is 24.4 Å². The number of aromatic nitrogens is 3. The van der Waals surface area contributed by atoms with Crippen LogP contribution in [0.5, 0.6) is 11.6 Å². The van der Waals surface area contributed by atoms with E-state index in [-0.39, 0.29) is 17.7 Å². The maximum atomic E-state index is 13.8. The molecule has 136 valence electrons. The number of likely N-dealkylation sites (tertiary alicyclic amines) is 1. The van der Waals surface area contributed by atoms with E-state index < -0.39 is 0 Å². The molecule has 0 N–H and O–H groups in total. The Morgan fingerprint density at radius 2 is 2.04 bits per heavy atom. The minimum absolute atomic E-state index is 0.150. The van der Waals surface area contributed by atoms with Crippen molar-refractivity contribution in [2.45, 2.75) is 25.5 Å². The fourth-order valence-electron chi connectivity index (χ4n) is 3.28. The highest BCUT2D eigenvalue weighted by Gasteiger charge is 2.21. The first-order valence-corrected chi connectivity index (χ1v) is 8.73. The van der Waals surface area contributed by atoms with Crippen molar-refractivity contribution >= 4 is 5.65 Å². The highest BCUT2D eigenvalue weighted by molar-refractivity contribution is 5.37. The van der Waals surface area contributed by atoms with Gasteiger partial charge in [-0.3, -0.25) is 4.90 Å². The number of hydrogen-bond acceptors (Lipinski definition) is 5. The van der Waals surface area contributed by atoms with E-state index in [1.165, 1.54) is 7.11 Å². The lowest BCUT2D eigenvalue weighted by Crippen LogP contribution is -2.37. The van der Waals surface area contributed by atoms with Gasteiger partial charge in [-0.25, -0.2) is 8.91 Å². The predicted octanol–water partition coefficient (Wildman–Crippen LogP) is 2.92. The van der Waals surface area contributed by atoms with Crippen LogP contribution in [0, 0.1) is 5.82 Å². The maximum absolute atomic E-state index is 13.8. The molecule has 1 aliphatic heterocycles. The zero-order chi connectivity index (χ0) is 17.9. The number of nitrogens with zero attached hydrogens (tertiary/aromatic N) is 4. The second kappa shape index (κ2) is 7.29. The third kappa shape index (κ3) is 3.62. The summed E-state index contributed by atoms with van der Waals surface area (Å²) in [5.41, 5.74) is 1.73. The summed E-state index contributed by atoms with van der Waals surface area (Å²) in [7, 11) is 1.47. The van der Waals surface area contributed by atoms with Gasteiger partial charge in [-0.2, -0.15) is 10.1 Å². The third-order valence-corrected chi connectivity index (χ3v) is 4.68. The average Bonchev–Trinajstić information content (AvgIpc) is 3.11. The van der Waals surface area contributed by atoms with Crippen molar-refractivity contribution in [3.8, 4) is 11.6 Å². The van der Waals surface area contributed by atoms with E-state index >= 15 is 0 Å². The third-order valence-electron chi connectivity index (χ3n) is 4.68. The largest absolute Gasteiger partial charge is 0.494 e. The van der Waals surface area contributed by atoms with Gasteiger partial charge in [0.25, 0.3) is 0 Å². The summed E-state index contributed by atoms with van der Waals surface area (Å²) in [6.07, 6.45) is 5.56. The molecule has 0 radical (unpaired) electrons. The molecular weight excluding hydrogens is 335 g/mol. The fraction of sp³-hybridized carbons (Fsp3) is 0.368. The summed E-state index contributed by atoms with van der Waals surface area (Å²) >= 11 is 0. The molecule has 2 aromatic heterocycles. The molecule has 3 heterocycles. The Morgan fingerprint density at radius 1 is 1.19 bits per heavy atom. The smallest absolute Gasteiger partial charge is 0.217 e. The van der Waals surface area contributed by atoms with Crippen LogP contribution in [0.25, 0.3) is 5.65 Å². The van der Waals surface area contributed by atoms with E-state index in [9.17, 15) is 4.39 Å². The Hall–Kier alpha value is -2.67. The summed E-state index contributed by atoms with van der Waals surface area (Å²) in [5, 5.41) is 4.13. The zero-order valence-electron chi connectivity index (χ0n) is 14.6. The summed E-state index contributed by atoms with van der Waals surface area (Å²) in [4.78, 5) is 6.77. The van der Waals surface area contributed by atoms with Gasteiger partial charge in [0, 0.05) is 38.0 Å². The zero-order valence-corrected chi connectivity index (χ0v) is 14.6. The standard InChI is InChI=1S/C19H21FN4O2/c1-25-17-3-2-14(12-16(17)20)13-23-9-5-15(6-10-23)26-19-7-11-24-18(22-19)4-8-21-24/h2-4,7-8,11-12,15H,5-6,9-10,13H2,1H3. The van der Waals surface area contributed by atoms with Crippen LogP contribution >= 0.6 is 0 Å². The molecule has 0 unspecified atom stereocenters. The van der Waals surface area contributed by atoms with Crippen LogP contribution < -0.4 is 9.47 Å². The molecule has 0 saturated carbocycles. The van der Waals surface area contributed by atoms with Gasteiger partial charge < -0.3 is 9.47 Å². The first-order chi connectivity index (χ1) is 12.7. The Morgan fingerprint density at radius 3 is 2.81 bits per heavy atom. The minimum Gasteiger partial charge on any atom is -0.494 e. The molecule has 6 nitrogen and oxygen atoms in total. The highest BCUT2D eigenvalue weighted by atomic mass is 19.1. The fourth-order valence-corrected chi connectivity index (χ4v) is 3.28. The molecule has 0 amide bonds. The van der Waals surface area contributed by atoms with Gasteiger partial charge in [-0.1, -0.05) is 6.07 Å². The predicted molar refractivity (Wildman–Crippen MR) is 94.9 cm³/mol. The number of rotatable bonds is 5. The Labute approximate surface area is 151 Å². The Bertz CT molecular complexity index is 890. The number of ether oxygens (including phenoxy) is 2. The van der Waals surface area contributed by atoms with Gasteiger partial charge in [0.05, 0.1) is 13.3 Å². The number of fused-ring (bicyclic) bond motifs is 1. The molecule has 0 bridgehead atoms. The van der Waals surface area contributed by atoms with Gasteiger partial charge in [0.15, 0.2) is 17.2 Å². The van der Waals surface area contributed by atoms with Gasteiger partial charge in [0.1, 0.15) is 6.10 Å². The molecule has 0 spiro atoms. The molecular formula is C19H21FN4O2. The molecule has 0 atom stereocenters. The molecule has 3 aromatic rings. The SMILES string of the molecule is COc1ccc(CN2CCC(Oc3ccn4nccc4n3)CC2)cc1F. The van der Waals surface area contributed by atoms with E-state index in [0.717, 1.165) is 43.7 Å². The van der Waals surface area contributed by atoms with Crippen LogP contribution in [0.1, 0.15) is 18.4 Å². The van der Waals surface area contributed by atoms with Crippen molar-refractivity contribution in [2.24, 2.45) is 0 Å². The van der Waals surface area contributed by atoms with Crippen LogP contribution in [0.4, 0.5) is 4.39 Å². The molecule has 7 heteroatoms. The van der Waals surface area contributed by atoms with E-state index in [4.69, 9.17) is 9.47 Å². The lowest BCUT2D eigenvalue weighted by atomic mass is 10.1. The number of benzene rings is 1. The molecule has 1 saturated heterocycles. The molecule has 4 rings (SSSR count). The summed E-state index contributed by atoms with van der Waals surface area (Å²) in [6.45, 7) is 2.55.